The normalized spacial score (nSPS) is 18.3. The van der Waals surface area contributed by atoms with Crippen LogP contribution in [0.15, 0.2) is 77.2 Å². The molecular weight excluding hydrogens is 376 g/mol. The molecule has 3 aliphatic carbocycles. The highest BCUT2D eigenvalue weighted by Crippen LogP contribution is 2.55. The van der Waals surface area contributed by atoms with E-state index in [1.807, 2.05) is 6.21 Å². The molecule has 0 fully saturated rings. The third-order valence-corrected chi connectivity index (χ3v) is 6.63. The third kappa shape index (κ3) is 2.51. The van der Waals surface area contributed by atoms with Gasteiger partial charge in [-0.05, 0) is 45.0 Å². The van der Waals surface area contributed by atoms with Crippen LogP contribution < -0.4 is 11.2 Å². The van der Waals surface area contributed by atoms with Gasteiger partial charge in [0.2, 0.25) is 5.13 Å². The predicted molar refractivity (Wildman–Crippen MR) is 119 cm³/mol. The Morgan fingerprint density at radius 2 is 1.41 bits per heavy atom. The van der Waals surface area contributed by atoms with E-state index >= 15 is 0 Å². The molecule has 7 rings (SSSR count). The van der Waals surface area contributed by atoms with Crippen molar-refractivity contribution in [3.63, 3.8) is 0 Å². The summed E-state index contributed by atoms with van der Waals surface area (Å²) in [4.78, 5) is 4.16. The molecule has 0 amide bonds. The van der Waals surface area contributed by atoms with Crippen molar-refractivity contribution in [1.82, 2.24) is 4.98 Å². The Balaban J connectivity index is 1.41. The van der Waals surface area contributed by atoms with E-state index in [0.29, 0.717) is 16.9 Å². The zero-order valence-corrected chi connectivity index (χ0v) is 16.4. The van der Waals surface area contributed by atoms with Gasteiger partial charge in [0, 0.05) is 17.2 Å². The molecule has 1 heterocycles. The summed E-state index contributed by atoms with van der Waals surface area (Å²) in [5.41, 5.74) is 18.2. The first-order chi connectivity index (χ1) is 14.3. The Hall–Kier alpha value is -3.44. The molecule has 1 aromatic heterocycles. The Morgan fingerprint density at radius 3 is 2.00 bits per heavy atom. The lowest BCUT2D eigenvalue weighted by Crippen LogP contribution is -2.27. The van der Waals surface area contributed by atoms with Crippen molar-refractivity contribution in [2.75, 3.05) is 11.2 Å². The van der Waals surface area contributed by atoms with Crippen LogP contribution in [0, 0.1) is 0 Å². The number of thiazole rings is 1. The summed E-state index contributed by atoms with van der Waals surface area (Å²) in [6.07, 6.45) is 1.85. The Labute approximate surface area is 172 Å². The average Bonchev–Trinajstić information content (AvgIpc) is 3.18. The highest BCUT2D eigenvalue weighted by atomic mass is 32.1. The molecule has 29 heavy (non-hydrogen) atoms. The van der Waals surface area contributed by atoms with Crippen LogP contribution in [0.4, 0.5) is 10.9 Å². The van der Waals surface area contributed by atoms with Crippen LogP contribution in [-0.2, 0) is 0 Å². The fraction of sp³-hybridized carbons (Fsp3) is 0.0833. The first-order valence-corrected chi connectivity index (χ1v) is 10.5. The van der Waals surface area contributed by atoms with Gasteiger partial charge in [-0.1, -0.05) is 60.7 Å². The number of aromatic nitrogens is 1. The maximum absolute atomic E-state index is 5.66. The lowest BCUT2D eigenvalue weighted by molar-refractivity contribution is 0.754. The van der Waals surface area contributed by atoms with E-state index in [4.69, 9.17) is 5.73 Å². The molecule has 4 nitrogen and oxygen atoms in total. The first kappa shape index (κ1) is 16.5. The van der Waals surface area contributed by atoms with Crippen LogP contribution in [0.5, 0.6) is 0 Å². The smallest absolute Gasteiger partial charge is 0.205 e. The zero-order chi connectivity index (χ0) is 19.4. The van der Waals surface area contributed by atoms with Gasteiger partial charge in [-0.25, -0.2) is 4.98 Å². The van der Waals surface area contributed by atoms with Gasteiger partial charge in [0.25, 0.3) is 0 Å². The molecule has 4 aromatic rings. The summed E-state index contributed by atoms with van der Waals surface area (Å²) in [7, 11) is 0. The number of nitrogens with zero attached hydrogens (tertiary/aromatic N) is 2. The number of nitrogens with two attached hydrogens (primary N) is 1. The van der Waals surface area contributed by atoms with Gasteiger partial charge >= 0.3 is 0 Å². The fourth-order valence-electron chi connectivity index (χ4n) is 4.76. The molecule has 5 heteroatoms. The van der Waals surface area contributed by atoms with E-state index < -0.39 is 0 Å². The van der Waals surface area contributed by atoms with Crippen molar-refractivity contribution in [2.24, 2.45) is 5.10 Å². The van der Waals surface area contributed by atoms with Crippen LogP contribution in [0.2, 0.25) is 0 Å². The topological polar surface area (TPSA) is 63.3 Å². The van der Waals surface area contributed by atoms with Crippen LogP contribution in [0.1, 0.15) is 50.8 Å². The van der Waals surface area contributed by atoms with Crippen LogP contribution in [0.3, 0.4) is 0 Å². The molecule has 0 atom stereocenters. The van der Waals surface area contributed by atoms with Crippen LogP contribution >= 0.6 is 11.3 Å². The fourth-order valence-corrected chi connectivity index (χ4v) is 5.31. The number of nitrogen functional groups attached to an aromatic ring is 1. The van der Waals surface area contributed by atoms with Crippen molar-refractivity contribution in [1.29, 1.82) is 0 Å². The second-order valence-electron chi connectivity index (χ2n) is 7.46. The monoisotopic (exact) mass is 394 g/mol. The number of hydrogen-bond donors (Lipinski definition) is 2. The molecular formula is C24H18N4S. The number of rotatable bonds is 3. The number of benzene rings is 3. The van der Waals surface area contributed by atoms with Gasteiger partial charge in [-0.3, -0.25) is 5.43 Å². The summed E-state index contributed by atoms with van der Waals surface area (Å²) in [6, 6.07) is 24.4. The van der Waals surface area contributed by atoms with Gasteiger partial charge in [-0.2, -0.15) is 5.10 Å². The first-order valence-electron chi connectivity index (χ1n) is 9.61. The average molecular weight is 395 g/mol. The molecule has 0 radical (unpaired) electrons. The van der Waals surface area contributed by atoms with Crippen molar-refractivity contribution in [3.05, 3.63) is 111 Å². The molecule has 0 aliphatic heterocycles. The SMILES string of the molecule is Nc1csc(NN=Cc2ccc3c(c2)C2c4ccccc4C3c3ccccc32)n1. The summed E-state index contributed by atoms with van der Waals surface area (Å²) in [6.45, 7) is 0. The number of hydrogen-bond acceptors (Lipinski definition) is 5. The number of nitrogens with one attached hydrogen (secondary N) is 1. The highest BCUT2D eigenvalue weighted by molar-refractivity contribution is 7.14. The van der Waals surface area contributed by atoms with Gasteiger partial charge in [0.1, 0.15) is 5.82 Å². The van der Waals surface area contributed by atoms with Gasteiger partial charge in [0.05, 0.1) is 6.21 Å². The molecule has 3 aliphatic rings. The van der Waals surface area contributed by atoms with Crippen molar-refractivity contribution < 1.29 is 0 Å². The van der Waals surface area contributed by atoms with E-state index in [9.17, 15) is 0 Å². The molecule has 140 valence electrons. The quantitative estimate of drug-likeness (QED) is 0.322. The zero-order valence-electron chi connectivity index (χ0n) is 15.5. The summed E-state index contributed by atoms with van der Waals surface area (Å²) < 4.78 is 0. The van der Waals surface area contributed by atoms with E-state index in [1.54, 1.807) is 5.38 Å². The summed E-state index contributed by atoms with van der Waals surface area (Å²) in [5.74, 6) is 1.10. The molecule has 2 bridgehead atoms. The van der Waals surface area contributed by atoms with E-state index in [-0.39, 0.29) is 5.92 Å². The highest BCUT2D eigenvalue weighted by Gasteiger charge is 2.40. The minimum Gasteiger partial charge on any atom is -0.383 e. The Morgan fingerprint density at radius 1 is 0.828 bits per heavy atom. The van der Waals surface area contributed by atoms with Crippen LogP contribution in [-0.4, -0.2) is 11.2 Å². The van der Waals surface area contributed by atoms with E-state index in [0.717, 1.165) is 5.56 Å². The van der Waals surface area contributed by atoms with Crippen LogP contribution in [0.25, 0.3) is 0 Å². The summed E-state index contributed by atoms with van der Waals surface area (Å²) >= 11 is 1.44. The number of hydrazone groups is 1. The summed E-state index contributed by atoms with van der Waals surface area (Å²) in [5, 5.41) is 6.83. The van der Waals surface area contributed by atoms with Gasteiger partial charge in [0.15, 0.2) is 0 Å². The van der Waals surface area contributed by atoms with Gasteiger partial charge < -0.3 is 5.73 Å². The molecule has 0 saturated carbocycles. The maximum atomic E-state index is 5.66. The molecule has 0 saturated heterocycles. The van der Waals surface area contributed by atoms with E-state index in [2.05, 4.69) is 82.2 Å². The lowest BCUT2D eigenvalue weighted by Gasteiger charge is -2.42. The minimum atomic E-state index is 0.280. The van der Waals surface area contributed by atoms with Crippen molar-refractivity contribution >= 4 is 28.5 Å². The Bertz CT molecular complexity index is 1230. The second-order valence-corrected chi connectivity index (χ2v) is 8.32. The molecule has 3 N–H and O–H groups in total. The minimum absolute atomic E-state index is 0.280. The van der Waals surface area contributed by atoms with Crippen molar-refractivity contribution in [3.8, 4) is 0 Å². The second kappa shape index (κ2) is 6.29. The third-order valence-electron chi connectivity index (χ3n) is 5.86. The van der Waals surface area contributed by atoms with Gasteiger partial charge in [-0.15, -0.1) is 11.3 Å². The van der Waals surface area contributed by atoms with E-state index in [1.165, 1.54) is 44.7 Å². The lowest BCUT2D eigenvalue weighted by atomic mass is 9.61. The van der Waals surface area contributed by atoms with Crippen molar-refractivity contribution in [2.45, 2.75) is 11.8 Å². The molecule has 0 unspecified atom stereocenters. The number of anilines is 2. The molecule has 0 spiro atoms. The maximum Gasteiger partial charge on any atom is 0.205 e. The molecule has 3 aromatic carbocycles. The predicted octanol–water partition coefficient (Wildman–Crippen LogP) is 5.16. The Kier molecular flexibility index (Phi) is 3.58. The standard InChI is InChI=1S/C24H18N4S/c25-21-13-29-24(27-21)28-26-12-14-9-10-19-20(11-14)23-17-7-3-1-5-15(17)22(19)16-6-2-4-8-18(16)23/h1-13,22-23H,25H2,(H,27,28). The largest absolute Gasteiger partial charge is 0.383 e.